The second-order valence-electron chi connectivity index (χ2n) is 23.8. The Morgan fingerprint density at radius 1 is 0.250 bits per heavy atom. The van der Waals surface area contributed by atoms with E-state index in [2.05, 4.69) is 81.5 Å². The molecule has 6 heteroatoms. The van der Waals surface area contributed by atoms with Crippen molar-refractivity contribution in [2.75, 3.05) is 13.2 Å². The highest BCUT2D eigenvalue weighted by atomic mass is 16.6. The van der Waals surface area contributed by atoms with Crippen molar-refractivity contribution in [1.29, 1.82) is 0 Å². The third-order valence-electron chi connectivity index (χ3n) is 15.7. The van der Waals surface area contributed by atoms with E-state index in [4.69, 9.17) is 14.2 Å². The first kappa shape index (κ1) is 77.1. The number of ether oxygens (including phenoxy) is 3. The van der Waals surface area contributed by atoms with Crippen molar-refractivity contribution in [1.82, 2.24) is 0 Å². The molecule has 0 radical (unpaired) electrons. The Kier molecular flexibility index (Phi) is 66.1. The lowest BCUT2D eigenvalue weighted by atomic mass is 10.0. The van der Waals surface area contributed by atoms with E-state index in [0.29, 0.717) is 19.3 Å². The van der Waals surface area contributed by atoms with Crippen LogP contribution in [0.1, 0.15) is 374 Å². The van der Waals surface area contributed by atoms with Crippen LogP contribution < -0.4 is 0 Å². The molecule has 0 aliphatic heterocycles. The highest BCUT2D eigenvalue weighted by Crippen LogP contribution is 2.18. The molecule has 0 bridgehead atoms. The summed E-state index contributed by atoms with van der Waals surface area (Å²) in [7, 11) is 0. The Morgan fingerprint density at radius 3 is 0.750 bits per heavy atom. The fourth-order valence-corrected chi connectivity index (χ4v) is 10.4. The van der Waals surface area contributed by atoms with Gasteiger partial charge in [0.2, 0.25) is 0 Å². The van der Waals surface area contributed by atoms with Gasteiger partial charge in [0.05, 0.1) is 0 Å². The van der Waals surface area contributed by atoms with E-state index >= 15 is 0 Å². The van der Waals surface area contributed by atoms with Crippen molar-refractivity contribution in [3.05, 3.63) is 60.8 Å². The Morgan fingerprint density at radius 2 is 0.463 bits per heavy atom. The van der Waals surface area contributed by atoms with Gasteiger partial charge in [0.15, 0.2) is 6.10 Å². The molecular formula is C74H134O6. The normalized spacial score (nSPS) is 12.4. The molecule has 0 saturated heterocycles. The van der Waals surface area contributed by atoms with Crippen LogP contribution in [0.3, 0.4) is 0 Å². The number of unbranched alkanes of at least 4 members (excludes halogenated alkanes) is 44. The minimum atomic E-state index is -0.783. The molecule has 0 fully saturated rings. The molecule has 1 atom stereocenters. The first-order valence-corrected chi connectivity index (χ1v) is 35.3. The quantitative estimate of drug-likeness (QED) is 0.0261. The molecule has 0 heterocycles. The van der Waals surface area contributed by atoms with Gasteiger partial charge in [-0.15, -0.1) is 0 Å². The molecule has 6 nitrogen and oxygen atoms in total. The van der Waals surface area contributed by atoms with Crippen molar-refractivity contribution in [2.45, 2.75) is 380 Å². The van der Waals surface area contributed by atoms with Gasteiger partial charge in [-0.25, -0.2) is 0 Å². The SMILES string of the molecule is CCCC/C=C\CCCCCCCC(=O)OCC(COC(=O)CCCCCCCCCCCCCCCCCCCCCCCCC/C=C\C/C=C\CCCCCCC)OC(=O)CCCCCCC/C=C\C/C=C\CCCCCC. The van der Waals surface area contributed by atoms with Gasteiger partial charge in [-0.1, -0.05) is 313 Å². The lowest BCUT2D eigenvalue weighted by Gasteiger charge is -2.18. The summed E-state index contributed by atoms with van der Waals surface area (Å²) >= 11 is 0. The second-order valence-corrected chi connectivity index (χ2v) is 23.8. The summed E-state index contributed by atoms with van der Waals surface area (Å²) in [6, 6.07) is 0. The maximum atomic E-state index is 12.9. The van der Waals surface area contributed by atoms with Gasteiger partial charge in [0.1, 0.15) is 13.2 Å². The molecule has 0 N–H and O–H groups in total. The average Bonchev–Trinajstić information content (AvgIpc) is 3.46. The number of carbonyl (C=O) groups is 3. The van der Waals surface area contributed by atoms with Crippen molar-refractivity contribution in [3.63, 3.8) is 0 Å². The van der Waals surface area contributed by atoms with E-state index in [1.54, 1.807) is 0 Å². The first-order chi connectivity index (χ1) is 39.5. The molecule has 1 unspecified atom stereocenters. The zero-order valence-electron chi connectivity index (χ0n) is 53.6. The lowest BCUT2D eigenvalue weighted by Crippen LogP contribution is -2.30. The van der Waals surface area contributed by atoms with E-state index in [1.165, 1.54) is 238 Å². The molecule has 0 aliphatic carbocycles. The molecule has 0 aromatic heterocycles. The Balaban J connectivity index is 4.05. The Labute approximate surface area is 498 Å². The maximum Gasteiger partial charge on any atom is 0.306 e. The van der Waals surface area contributed by atoms with E-state index in [-0.39, 0.29) is 31.1 Å². The number of hydrogen-bond acceptors (Lipinski definition) is 6. The van der Waals surface area contributed by atoms with Crippen LogP contribution in [0.4, 0.5) is 0 Å². The summed E-state index contributed by atoms with van der Waals surface area (Å²) in [5.41, 5.74) is 0. The molecule has 0 rings (SSSR count). The third kappa shape index (κ3) is 65.9. The molecular weight excluding hydrogens is 985 g/mol. The number of allylic oxidation sites excluding steroid dienone is 10. The van der Waals surface area contributed by atoms with Gasteiger partial charge in [-0.05, 0) is 103 Å². The molecule has 466 valence electrons. The Bertz CT molecular complexity index is 1430. The van der Waals surface area contributed by atoms with Crippen LogP contribution in [0.15, 0.2) is 60.8 Å². The summed E-state index contributed by atoms with van der Waals surface area (Å²) in [4.78, 5) is 38.3. The molecule has 0 amide bonds. The number of carbonyl (C=O) groups excluding carboxylic acids is 3. The van der Waals surface area contributed by atoms with E-state index < -0.39 is 6.10 Å². The minimum absolute atomic E-state index is 0.0788. The highest BCUT2D eigenvalue weighted by molar-refractivity contribution is 5.71. The number of esters is 3. The smallest absolute Gasteiger partial charge is 0.306 e. The minimum Gasteiger partial charge on any atom is -0.462 e. The summed E-state index contributed by atoms with van der Waals surface area (Å²) in [6.07, 6.45) is 88.5. The Hall–Kier alpha value is -2.89. The van der Waals surface area contributed by atoms with Crippen LogP contribution >= 0.6 is 0 Å². The van der Waals surface area contributed by atoms with E-state index in [1.807, 2.05) is 0 Å². The van der Waals surface area contributed by atoms with Crippen molar-refractivity contribution in [2.24, 2.45) is 0 Å². The van der Waals surface area contributed by atoms with Gasteiger partial charge in [0.25, 0.3) is 0 Å². The predicted octanol–water partition coefficient (Wildman–Crippen LogP) is 24.3. The first-order valence-electron chi connectivity index (χ1n) is 35.3. The van der Waals surface area contributed by atoms with Crippen molar-refractivity contribution >= 4 is 17.9 Å². The highest BCUT2D eigenvalue weighted by Gasteiger charge is 2.19. The van der Waals surface area contributed by atoms with Crippen molar-refractivity contribution in [3.8, 4) is 0 Å². The van der Waals surface area contributed by atoms with Gasteiger partial charge < -0.3 is 14.2 Å². The fraction of sp³-hybridized carbons (Fsp3) is 0.824. The van der Waals surface area contributed by atoms with Crippen LogP contribution in [0.25, 0.3) is 0 Å². The average molecular weight is 1120 g/mol. The van der Waals surface area contributed by atoms with E-state index in [9.17, 15) is 14.4 Å². The topological polar surface area (TPSA) is 78.9 Å². The molecule has 0 aromatic carbocycles. The van der Waals surface area contributed by atoms with Crippen molar-refractivity contribution < 1.29 is 28.6 Å². The van der Waals surface area contributed by atoms with Gasteiger partial charge >= 0.3 is 17.9 Å². The van der Waals surface area contributed by atoms with Gasteiger partial charge in [-0.2, -0.15) is 0 Å². The van der Waals surface area contributed by atoms with Crippen LogP contribution in [-0.4, -0.2) is 37.2 Å². The number of hydrogen-bond donors (Lipinski definition) is 0. The monoisotopic (exact) mass is 1120 g/mol. The summed E-state index contributed by atoms with van der Waals surface area (Å²) in [6.45, 7) is 6.60. The molecule has 80 heavy (non-hydrogen) atoms. The van der Waals surface area contributed by atoms with Crippen LogP contribution in [0, 0.1) is 0 Å². The van der Waals surface area contributed by atoms with Crippen LogP contribution in [0.2, 0.25) is 0 Å². The third-order valence-corrected chi connectivity index (χ3v) is 15.7. The lowest BCUT2D eigenvalue weighted by molar-refractivity contribution is -0.167. The molecule has 0 aromatic rings. The van der Waals surface area contributed by atoms with Crippen LogP contribution in [0.5, 0.6) is 0 Å². The summed E-state index contributed by atoms with van der Waals surface area (Å²) in [5.74, 6) is -0.884. The largest absolute Gasteiger partial charge is 0.462 e. The maximum absolute atomic E-state index is 12.9. The standard InChI is InChI=1S/C74H134O6/c1-4-7-10-13-16-19-22-24-26-28-29-30-31-32-33-34-35-36-37-38-39-40-41-42-43-44-45-46-48-49-52-55-58-61-64-67-73(76)79-70-71(69-78-72(75)66-63-60-57-54-51-21-18-15-12-9-6-3)80-74(77)68-65-62-59-56-53-50-47-27-25-23-20-17-14-11-8-5-2/h15,18,20,22-24,27-29,47,71H,4-14,16-17,19,21,25-26,30-46,48-70H2,1-3H3/b18-15-,23-20-,24-22-,29-28-,47-27-. The number of rotatable bonds is 65. The molecule has 0 spiro atoms. The second kappa shape index (κ2) is 68.6. The van der Waals surface area contributed by atoms with Crippen LogP contribution in [-0.2, 0) is 28.6 Å². The van der Waals surface area contributed by atoms with E-state index in [0.717, 1.165) is 96.3 Å². The predicted molar refractivity (Wildman–Crippen MR) is 348 cm³/mol. The zero-order valence-corrected chi connectivity index (χ0v) is 53.6. The zero-order chi connectivity index (χ0) is 57.8. The molecule has 0 saturated carbocycles. The molecule has 0 aliphatic rings. The summed E-state index contributed by atoms with van der Waals surface area (Å²) in [5, 5.41) is 0. The fourth-order valence-electron chi connectivity index (χ4n) is 10.4. The van der Waals surface area contributed by atoms with Gasteiger partial charge in [-0.3, -0.25) is 14.4 Å². The van der Waals surface area contributed by atoms with Gasteiger partial charge in [0, 0.05) is 19.3 Å². The summed E-state index contributed by atoms with van der Waals surface area (Å²) < 4.78 is 16.9.